The van der Waals surface area contributed by atoms with Crippen LogP contribution in [0.5, 0.6) is 0 Å². The fourth-order valence-electron chi connectivity index (χ4n) is 8.88. The van der Waals surface area contributed by atoms with E-state index in [0.29, 0.717) is 0 Å². The minimum atomic E-state index is 0.0203. The van der Waals surface area contributed by atoms with Crippen LogP contribution >= 0.6 is 11.3 Å². The zero-order valence-electron chi connectivity index (χ0n) is 28.4. The van der Waals surface area contributed by atoms with Gasteiger partial charge < -0.3 is 4.57 Å². The summed E-state index contributed by atoms with van der Waals surface area (Å²) in [5.74, 6) is 0. The monoisotopic (exact) mass is 692 g/mol. The van der Waals surface area contributed by atoms with Gasteiger partial charge in [0.05, 0.1) is 26.8 Å². The van der Waals surface area contributed by atoms with Crippen molar-refractivity contribution in [3.05, 3.63) is 180 Å². The Bertz CT molecular complexity index is 3530. The summed E-state index contributed by atoms with van der Waals surface area (Å²) >= 11 is 1.87. The molecular weight excluding hydrogens is 665 g/mol. The Kier molecular flexibility index (Phi) is 5.80. The van der Waals surface area contributed by atoms with Crippen molar-refractivity contribution in [2.75, 3.05) is 0 Å². The van der Waals surface area contributed by atoms with Crippen LogP contribution in [-0.2, 0) is 0 Å². The molecule has 4 aromatic heterocycles. The van der Waals surface area contributed by atoms with Crippen molar-refractivity contribution >= 4 is 91.3 Å². The molecule has 0 saturated heterocycles. The highest BCUT2D eigenvalue weighted by molar-refractivity contribution is 7.26. The molecule has 0 saturated carbocycles. The first kappa shape index (κ1) is 28.9. The lowest BCUT2D eigenvalue weighted by Gasteiger charge is -2.11. The number of rotatable bonds is 3. The molecule has 4 heterocycles. The molecule has 0 bridgehead atoms. The molecule has 53 heavy (non-hydrogen) atoms. The van der Waals surface area contributed by atoms with Gasteiger partial charge in [-0.25, -0.2) is 0 Å². The summed E-state index contributed by atoms with van der Waals surface area (Å²) in [5, 5.41) is 10.1. The van der Waals surface area contributed by atoms with E-state index in [4.69, 9.17) is 0 Å². The third-order valence-corrected chi connectivity index (χ3v) is 12.4. The molecule has 0 aliphatic heterocycles. The molecule has 0 aliphatic rings. The standard InChI is InChI=1S/C49H28N2OS/c52-49-40-22-20-31(29-10-2-1-3-11-29)27-41(40)36-16-9-17-37-42-28-32(21-25-44(42)51(49)46(36)37)30-12-8-13-33(26-30)50-43-18-6-4-14-34(43)38-23-24-39-35-15-5-7-19-45(35)53-48(39)47(38)50/h1-28H. The molecule has 8 aromatic carbocycles. The lowest BCUT2D eigenvalue weighted by atomic mass is 9.98. The zero-order valence-corrected chi connectivity index (χ0v) is 29.2. The first-order valence-corrected chi connectivity index (χ1v) is 18.8. The van der Waals surface area contributed by atoms with Crippen LogP contribution in [0.1, 0.15) is 0 Å². The van der Waals surface area contributed by atoms with Crippen molar-refractivity contribution in [3.8, 4) is 27.9 Å². The number of fused-ring (bicyclic) bond motifs is 12. The molecule has 0 unspecified atom stereocenters. The van der Waals surface area contributed by atoms with E-state index in [2.05, 4.69) is 162 Å². The summed E-state index contributed by atoms with van der Waals surface area (Å²) in [6.45, 7) is 0. The molecule has 0 fully saturated rings. The van der Waals surface area contributed by atoms with Crippen LogP contribution in [0, 0.1) is 0 Å². The highest BCUT2D eigenvalue weighted by atomic mass is 32.1. The molecule has 0 amide bonds. The second kappa shape index (κ2) is 10.6. The maximum atomic E-state index is 14.3. The minimum absolute atomic E-state index is 0.0203. The fourth-order valence-corrected chi connectivity index (χ4v) is 10.1. The Balaban J connectivity index is 1.08. The van der Waals surface area contributed by atoms with Crippen LogP contribution in [0.3, 0.4) is 0 Å². The summed E-state index contributed by atoms with van der Waals surface area (Å²) < 4.78 is 6.99. The van der Waals surface area contributed by atoms with Gasteiger partial charge in [0.25, 0.3) is 5.56 Å². The van der Waals surface area contributed by atoms with E-state index in [0.717, 1.165) is 65.9 Å². The Labute approximate surface area is 307 Å². The van der Waals surface area contributed by atoms with Gasteiger partial charge in [-0.2, -0.15) is 0 Å². The lowest BCUT2D eigenvalue weighted by molar-refractivity contribution is 1.19. The van der Waals surface area contributed by atoms with Crippen molar-refractivity contribution in [1.82, 2.24) is 8.97 Å². The fraction of sp³-hybridized carbons (Fsp3) is 0. The Hall–Kier alpha value is -6.75. The quantitative estimate of drug-likeness (QED) is 0.169. The highest BCUT2D eigenvalue weighted by Gasteiger charge is 2.20. The van der Waals surface area contributed by atoms with E-state index in [9.17, 15) is 4.79 Å². The van der Waals surface area contributed by atoms with Gasteiger partial charge in [0.1, 0.15) is 0 Å². The average molecular weight is 693 g/mol. The second-order valence-corrected chi connectivity index (χ2v) is 15.1. The third-order valence-electron chi connectivity index (χ3n) is 11.3. The molecule has 12 aromatic rings. The minimum Gasteiger partial charge on any atom is -0.308 e. The van der Waals surface area contributed by atoms with Crippen LogP contribution in [0.2, 0.25) is 0 Å². The van der Waals surface area contributed by atoms with Gasteiger partial charge in [-0.1, -0.05) is 121 Å². The summed E-state index contributed by atoms with van der Waals surface area (Å²) in [6.07, 6.45) is 0. The molecule has 0 aliphatic carbocycles. The van der Waals surface area contributed by atoms with Crippen LogP contribution in [-0.4, -0.2) is 8.97 Å². The van der Waals surface area contributed by atoms with Crippen LogP contribution < -0.4 is 5.56 Å². The summed E-state index contributed by atoms with van der Waals surface area (Å²) in [5.41, 5.74) is 10.0. The highest BCUT2D eigenvalue weighted by Crippen LogP contribution is 2.43. The first-order chi connectivity index (χ1) is 26.2. The van der Waals surface area contributed by atoms with Crippen molar-refractivity contribution in [3.63, 3.8) is 0 Å². The average Bonchev–Trinajstić information content (AvgIpc) is 3.88. The number of benzene rings is 8. The maximum Gasteiger partial charge on any atom is 0.263 e. The molecule has 12 rings (SSSR count). The smallest absolute Gasteiger partial charge is 0.263 e. The summed E-state index contributed by atoms with van der Waals surface area (Å²) in [7, 11) is 0. The predicted molar refractivity (Wildman–Crippen MR) is 225 cm³/mol. The number of aromatic nitrogens is 2. The van der Waals surface area contributed by atoms with Crippen LogP contribution in [0.15, 0.2) is 175 Å². The van der Waals surface area contributed by atoms with Crippen molar-refractivity contribution in [2.24, 2.45) is 0 Å². The molecule has 3 nitrogen and oxygen atoms in total. The molecule has 0 spiro atoms. The van der Waals surface area contributed by atoms with E-state index in [-0.39, 0.29) is 5.56 Å². The van der Waals surface area contributed by atoms with Crippen molar-refractivity contribution < 1.29 is 0 Å². The Morgan fingerprint density at radius 3 is 1.91 bits per heavy atom. The topological polar surface area (TPSA) is 26.4 Å². The normalized spacial score (nSPS) is 12.2. The van der Waals surface area contributed by atoms with Gasteiger partial charge in [0.2, 0.25) is 0 Å². The number of para-hydroxylation sites is 2. The van der Waals surface area contributed by atoms with Crippen molar-refractivity contribution in [1.29, 1.82) is 0 Å². The van der Waals surface area contributed by atoms with E-state index in [1.807, 2.05) is 27.9 Å². The SMILES string of the molecule is O=c1c2ccc(-c3ccccc3)cc2c2cccc3c4cc(-c5cccc(-n6c7ccccc7c7ccc8c9ccccc9sc8c76)c5)ccc4n1c23. The third kappa shape index (κ3) is 3.96. The van der Waals surface area contributed by atoms with Gasteiger partial charge in [-0.3, -0.25) is 9.20 Å². The number of hydrogen-bond acceptors (Lipinski definition) is 2. The van der Waals surface area contributed by atoms with E-state index in [1.54, 1.807) is 0 Å². The van der Waals surface area contributed by atoms with Gasteiger partial charge in [0, 0.05) is 53.5 Å². The van der Waals surface area contributed by atoms with E-state index >= 15 is 0 Å². The number of nitrogens with zero attached hydrogens (tertiary/aromatic N) is 2. The first-order valence-electron chi connectivity index (χ1n) is 18.0. The molecule has 0 N–H and O–H groups in total. The van der Waals surface area contributed by atoms with Crippen molar-refractivity contribution in [2.45, 2.75) is 0 Å². The summed E-state index contributed by atoms with van der Waals surface area (Å²) in [6, 6.07) is 60.6. The van der Waals surface area contributed by atoms with Gasteiger partial charge in [-0.05, 0) is 76.2 Å². The molecule has 0 atom stereocenters. The van der Waals surface area contributed by atoms with Gasteiger partial charge >= 0.3 is 0 Å². The van der Waals surface area contributed by atoms with Gasteiger partial charge in [-0.15, -0.1) is 11.3 Å². The van der Waals surface area contributed by atoms with E-state index in [1.165, 1.54) is 42.0 Å². The lowest BCUT2D eigenvalue weighted by Crippen LogP contribution is -2.12. The number of thiophene rings is 1. The van der Waals surface area contributed by atoms with Gasteiger partial charge in [0.15, 0.2) is 0 Å². The molecule has 0 radical (unpaired) electrons. The summed E-state index contributed by atoms with van der Waals surface area (Å²) in [4.78, 5) is 14.3. The second-order valence-electron chi connectivity index (χ2n) is 14.0. The predicted octanol–water partition coefficient (Wildman–Crippen LogP) is 13.0. The Morgan fingerprint density at radius 2 is 1.00 bits per heavy atom. The van der Waals surface area contributed by atoms with Crippen LogP contribution in [0.25, 0.3) is 108 Å². The molecular formula is C49H28N2OS. The van der Waals surface area contributed by atoms with Crippen LogP contribution in [0.4, 0.5) is 0 Å². The Morgan fingerprint density at radius 1 is 0.377 bits per heavy atom. The number of pyridine rings is 1. The largest absolute Gasteiger partial charge is 0.308 e. The zero-order chi connectivity index (χ0) is 34.8. The molecule has 246 valence electrons. The molecule has 4 heteroatoms. The van der Waals surface area contributed by atoms with E-state index < -0.39 is 0 Å². The number of hydrogen-bond donors (Lipinski definition) is 0. The maximum absolute atomic E-state index is 14.3.